The number of rotatable bonds is 1. The molecule has 1 unspecified atom stereocenters. The maximum atomic E-state index is 6.26. The Bertz CT molecular complexity index is 650. The number of hydrogen-bond acceptors (Lipinski definition) is 2. The summed E-state index contributed by atoms with van der Waals surface area (Å²) in [7, 11) is 0. The third-order valence-corrected chi connectivity index (χ3v) is 4.04. The van der Waals surface area contributed by atoms with E-state index in [1.165, 1.54) is 0 Å². The second-order valence-corrected chi connectivity index (χ2v) is 5.80. The lowest BCUT2D eigenvalue weighted by Crippen LogP contribution is -2.18. The first-order chi connectivity index (χ1) is 9.15. The predicted octanol–water partition coefficient (Wildman–Crippen LogP) is 5.04. The van der Waals surface area contributed by atoms with Gasteiger partial charge in [0.05, 0.1) is 10.7 Å². The molecule has 1 N–H and O–H groups in total. The molecule has 0 aliphatic carbocycles. The molecule has 2 nitrogen and oxygen atoms in total. The van der Waals surface area contributed by atoms with E-state index < -0.39 is 0 Å². The number of halogens is 2. The predicted molar refractivity (Wildman–Crippen MR) is 84.2 cm³/mol. The van der Waals surface area contributed by atoms with Gasteiger partial charge in [-0.1, -0.05) is 51.8 Å². The van der Waals surface area contributed by atoms with Crippen LogP contribution in [0.4, 0.5) is 5.69 Å². The summed E-state index contributed by atoms with van der Waals surface area (Å²) in [6, 6.07) is 14.0. The smallest absolute Gasteiger partial charge is 0.145 e. The van der Waals surface area contributed by atoms with Crippen molar-refractivity contribution in [3.8, 4) is 0 Å². The van der Waals surface area contributed by atoms with Crippen molar-refractivity contribution in [2.75, 3.05) is 5.32 Å². The van der Waals surface area contributed by atoms with Gasteiger partial charge in [0.1, 0.15) is 6.17 Å². The second-order valence-electron chi connectivity index (χ2n) is 4.48. The van der Waals surface area contributed by atoms with Gasteiger partial charge < -0.3 is 5.32 Å². The Kier molecular flexibility index (Phi) is 3.33. The van der Waals surface area contributed by atoms with Gasteiger partial charge in [0.2, 0.25) is 0 Å². The third kappa shape index (κ3) is 2.40. The lowest BCUT2D eigenvalue weighted by Gasteiger charge is -2.25. The molecule has 0 amide bonds. The fraction of sp³-hybridized carbons (Fsp3) is 0.133. The molecule has 0 radical (unpaired) electrons. The van der Waals surface area contributed by atoms with Crippen LogP contribution in [-0.2, 0) is 0 Å². The van der Waals surface area contributed by atoms with E-state index in [-0.39, 0.29) is 6.17 Å². The van der Waals surface area contributed by atoms with Crippen LogP contribution in [0.1, 0.15) is 24.2 Å². The molecule has 1 atom stereocenters. The maximum absolute atomic E-state index is 6.26. The van der Waals surface area contributed by atoms with Crippen LogP contribution in [0.25, 0.3) is 0 Å². The fourth-order valence-electron chi connectivity index (χ4n) is 2.21. The summed E-state index contributed by atoms with van der Waals surface area (Å²) in [4.78, 5) is 4.70. The van der Waals surface area contributed by atoms with E-state index in [0.29, 0.717) is 0 Å². The van der Waals surface area contributed by atoms with Crippen LogP contribution in [0.2, 0.25) is 5.02 Å². The van der Waals surface area contributed by atoms with Crippen molar-refractivity contribution in [3.05, 3.63) is 63.1 Å². The third-order valence-electron chi connectivity index (χ3n) is 3.19. The van der Waals surface area contributed by atoms with Crippen molar-refractivity contribution in [3.63, 3.8) is 0 Å². The normalized spacial score (nSPS) is 17.4. The van der Waals surface area contributed by atoms with Gasteiger partial charge >= 0.3 is 0 Å². The van der Waals surface area contributed by atoms with Crippen molar-refractivity contribution >= 4 is 38.9 Å². The van der Waals surface area contributed by atoms with Gasteiger partial charge in [0.25, 0.3) is 0 Å². The van der Waals surface area contributed by atoms with E-state index in [0.717, 1.165) is 32.0 Å². The molecule has 96 valence electrons. The molecular formula is C15H12BrClN2. The van der Waals surface area contributed by atoms with Gasteiger partial charge in [-0.15, -0.1) is 0 Å². The summed E-state index contributed by atoms with van der Waals surface area (Å²) in [5.41, 5.74) is 4.16. The van der Waals surface area contributed by atoms with Crippen LogP contribution >= 0.6 is 27.5 Å². The van der Waals surface area contributed by atoms with Gasteiger partial charge in [-0.3, -0.25) is 4.99 Å². The minimum Gasteiger partial charge on any atom is -0.358 e. The Morgan fingerprint density at radius 1 is 1.16 bits per heavy atom. The first-order valence-corrected chi connectivity index (χ1v) is 7.17. The summed E-state index contributed by atoms with van der Waals surface area (Å²) >= 11 is 9.70. The van der Waals surface area contributed by atoms with Crippen LogP contribution in [-0.4, -0.2) is 5.71 Å². The zero-order valence-corrected chi connectivity index (χ0v) is 12.7. The number of aliphatic imine (C=N–C) groups is 1. The first kappa shape index (κ1) is 12.7. The number of nitrogens with zero attached hydrogens (tertiary/aromatic N) is 1. The van der Waals surface area contributed by atoms with E-state index in [2.05, 4.69) is 33.4 Å². The topological polar surface area (TPSA) is 24.4 Å². The lowest BCUT2D eigenvalue weighted by atomic mass is 10.0. The summed E-state index contributed by atoms with van der Waals surface area (Å²) in [6.07, 6.45) is -0.0829. The Morgan fingerprint density at radius 3 is 2.63 bits per heavy atom. The van der Waals surface area contributed by atoms with Gasteiger partial charge in [0.15, 0.2) is 0 Å². The van der Waals surface area contributed by atoms with Crippen molar-refractivity contribution in [1.29, 1.82) is 0 Å². The molecule has 1 aliphatic rings. The first-order valence-electron chi connectivity index (χ1n) is 6.00. The summed E-state index contributed by atoms with van der Waals surface area (Å²) in [6.45, 7) is 2.02. The SMILES string of the molecule is CC1=NC(c2ccc(Br)cc2)Nc2c(Cl)cccc21. The highest BCUT2D eigenvalue weighted by atomic mass is 79.9. The molecule has 4 heteroatoms. The Balaban J connectivity index is 2.03. The van der Waals surface area contributed by atoms with E-state index in [1.54, 1.807) is 0 Å². The zero-order valence-electron chi connectivity index (χ0n) is 10.3. The summed E-state index contributed by atoms with van der Waals surface area (Å²) < 4.78 is 1.06. The molecule has 19 heavy (non-hydrogen) atoms. The lowest BCUT2D eigenvalue weighted by molar-refractivity contribution is 0.826. The monoisotopic (exact) mass is 334 g/mol. The van der Waals surface area contributed by atoms with Gasteiger partial charge in [-0.25, -0.2) is 0 Å². The molecule has 1 aliphatic heterocycles. The van der Waals surface area contributed by atoms with Crippen molar-refractivity contribution < 1.29 is 0 Å². The standard InChI is InChI=1S/C15H12BrClN2/c1-9-12-3-2-4-13(17)14(12)19-15(18-9)10-5-7-11(16)8-6-10/h2-8,15,19H,1H3. The molecule has 2 aromatic rings. The quantitative estimate of drug-likeness (QED) is 0.776. The fourth-order valence-corrected chi connectivity index (χ4v) is 2.70. The Labute approximate surface area is 125 Å². The number of fused-ring (bicyclic) bond motifs is 1. The summed E-state index contributed by atoms with van der Waals surface area (Å²) in [5, 5.41) is 4.13. The molecule has 0 spiro atoms. The molecule has 0 saturated carbocycles. The van der Waals surface area contributed by atoms with Crippen LogP contribution < -0.4 is 5.32 Å². The van der Waals surface area contributed by atoms with Crippen molar-refractivity contribution in [1.82, 2.24) is 0 Å². The van der Waals surface area contributed by atoms with E-state index in [4.69, 9.17) is 16.6 Å². The van der Waals surface area contributed by atoms with Gasteiger partial charge in [-0.2, -0.15) is 0 Å². The van der Waals surface area contributed by atoms with E-state index in [1.807, 2.05) is 37.3 Å². The summed E-state index contributed by atoms with van der Waals surface area (Å²) in [5.74, 6) is 0. The van der Waals surface area contributed by atoms with Gasteiger partial charge in [-0.05, 0) is 30.7 Å². The zero-order chi connectivity index (χ0) is 13.4. The minimum absolute atomic E-state index is 0.0829. The molecule has 0 bridgehead atoms. The highest BCUT2D eigenvalue weighted by Gasteiger charge is 2.20. The van der Waals surface area contributed by atoms with E-state index in [9.17, 15) is 0 Å². The molecular weight excluding hydrogens is 324 g/mol. The second kappa shape index (κ2) is 4.99. The largest absolute Gasteiger partial charge is 0.358 e. The number of anilines is 1. The molecule has 0 aromatic heterocycles. The number of benzene rings is 2. The van der Waals surface area contributed by atoms with Crippen molar-refractivity contribution in [2.24, 2.45) is 4.99 Å². The molecule has 3 rings (SSSR count). The van der Waals surface area contributed by atoms with Crippen molar-refractivity contribution in [2.45, 2.75) is 13.1 Å². The molecule has 2 aromatic carbocycles. The van der Waals surface area contributed by atoms with Gasteiger partial charge in [0, 0.05) is 15.7 Å². The average molecular weight is 336 g/mol. The van der Waals surface area contributed by atoms with E-state index >= 15 is 0 Å². The molecule has 0 saturated heterocycles. The maximum Gasteiger partial charge on any atom is 0.145 e. The highest BCUT2D eigenvalue weighted by molar-refractivity contribution is 9.10. The number of hydrogen-bond donors (Lipinski definition) is 1. The molecule has 0 fully saturated rings. The van der Waals surface area contributed by atoms with Crippen LogP contribution in [0.15, 0.2) is 51.9 Å². The Hall–Kier alpha value is -1.32. The minimum atomic E-state index is -0.0829. The molecule has 1 heterocycles. The van der Waals surface area contributed by atoms with Crippen LogP contribution in [0.5, 0.6) is 0 Å². The average Bonchev–Trinajstić information content (AvgIpc) is 2.41. The number of para-hydroxylation sites is 1. The number of nitrogens with one attached hydrogen (secondary N) is 1. The van der Waals surface area contributed by atoms with Crippen LogP contribution in [0.3, 0.4) is 0 Å². The van der Waals surface area contributed by atoms with Crippen LogP contribution in [0, 0.1) is 0 Å². The Morgan fingerprint density at radius 2 is 1.89 bits per heavy atom. The highest BCUT2D eigenvalue weighted by Crippen LogP contribution is 2.35.